The average Bonchev–Trinajstić information content (AvgIpc) is 2.32. The topological polar surface area (TPSA) is 101 Å². The Balaban J connectivity index is 2.36. The van der Waals surface area contributed by atoms with E-state index in [-0.39, 0.29) is 25.7 Å². The molecule has 0 saturated carbocycles. The third-order valence-electron chi connectivity index (χ3n) is 1.23. The van der Waals surface area contributed by atoms with Crippen LogP contribution in [0.1, 0.15) is 0 Å². The maximum atomic E-state index is 9.36. The van der Waals surface area contributed by atoms with E-state index < -0.39 is 5.91 Å². The predicted molar refractivity (Wildman–Crippen MR) is 39.0 cm³/mol. The molecule has 1 atom stereocenters. The molecule has 0 saturated heterocycles. The van der Waals surface area contributed by atoms with Crippen LogP contribution in [0.5, 0.6) is 0 Å². The predicted octanol–water partition coefficient (Wildman–Crippen LogP) is -1.44. The molecule has 0 amide bonds. The molecule has 1 aliphatic heterocycles. The van der Waals surface area contributed by atoms with Crippen LogP contribution in [0.15, 0.2) is 4.99 Å². The number of nitrogens with two attached hydrogens (primary N) is 1. The number of aliphatic imine (C=N–C) groups is 1. The summed E-state index contributed by atoms with van der Waals surface area (Å²) in [5, 5.41) is 17.5. The van der Waals surface area contributed by atoms with Gasteiger partial charge in [-0.1, -0.05) is 0 Å². The second-order valence-corrected chi connectivity index (χ2v) is 2.29. The molecular weight excluding hydrogens is 162 g/mol. The molecule has 0 radical (unpaired) electrons. The van der Waals surface area contributed by atoms with Gasteiger partial charge in [-0.3, -0.25) is 0 Å². The minimum absolute atomic E-state index is 0.0897. The zero-order valence-corrected chi connectivity index (χ0v) is 6.36. The van der Waals surface area contributed by atoms with Gasteiger partial charge in [-0.05, 0) is 0 Å². The van der Waals surface area contributed by atoms with E-state index in [9.17, 15) is 5.11 Å². The fourth-order valence-electron chi connectivity index (χ4n) is 0.782. The molecule has 0 aromatic rings. The first kappa shape index (κ1) is 8.93. The molecule has 12 heavy (non-hydrogen) atoms. The summed E-state index contributed by atoms with van der Waals surface area (Å²) in [4.78, 5) is 3.59. The van der Waals surface area contributed by atoms with Crippen molar-refractivity contribution in [1.82, 2.24) is 0 Å². The maximum absolute atomic E-state index is 9.36. The summed E-state index contributed by atoms with van der Waals surface area (Å²) >= 11 is 0. The first-order valence-corrected chi connectivity index (χ1v) is 3.31. The van der Waals surface area contributed by atoms with Crippen molar-refractivity contribution in [2.75, 3.05) is 19.8 Å². The number of amidine groups is 1. The minimum Gasteiger partial charge on any atom is -0.385 e. The van der Waals surface area contributed by atoms with Gasteiger partial charge in [0.2, 0.25) is 0 Å². The lowest BCUT2D eigenvalue weighted by Gasteiger charge is -2.16. The van der Waals surface area contributed by atoms with Gasteiger partial charge in [0.05, 0.1) is 6.07 Å². The number of aliphatic hydroxyl groups is 1. The van der Waals surface area contributed by atoms with E-state index in [4.69, 9.17) is 20.5 Å². The van der Waals surface area contributed by atoms with Crippen LogP contribution in [-0.2, 0) is 9.47 Å². The molecule has 1 heterocycles. The Hall–Kier alpha value is -1.16. The average molecular weight is 171 g/mol. The summed E-state index contributed by atoms with van der Waals surface area (Å²) in [5.41, 5.74) is 5.26. The highest BCUT2D eigenvalue weighted by molar-refractivity contribution is 5.83. The molecule has 3 N–H and O–H groups in total. The van der Waals surface area contributed by atoms with Crippen LogP contribution in [-0.4, -0.2) is 36.7 Å². The van der Waals surface area contributed by atoms with Crippen LogP contribution >= 0.6 is 0 Å². The molecule has 1 rings (SSSR count). The third kappa shape index (κ3) is 2.17. The van der Waals surface area contributed by atoms with Gasteiger partial charge >= 0.3 is 0 Å². The van der Waals surface area contributed by atoms with Crippen molar-refractivity contribution in [3.05, 3.63) is 0 Å². The molecule has 0 bridgehead atoms. The van der Waals surface area contributed by atoms with E-state index in [1.54, 1.807) is 6.07 Å². The Bertz CT molecular complexity index is 235. The van der Waals surface area contributed by atoms with Crippen LogP contribution in [0.3, 0.4) is 0 Å². The lowest BCUT2D eigenvalue weighted by molar-refractivity contribution is -0.204. The Morgan fingerprint density at radius 1 is 1.92 bits per heavy atom. The molecule has 1 aliphatic rings. The largest absolute Gasteiger partial charge is 0.385 e. The van der Waals surface area contributed by atoms with Gasteiger partial charge in [-0.25, -0.2) is 4.99 Å². The summed E-state index contributed by atoms with van der Waals surface area (Å²) in [6, 6.07) is 1.75. The van der Waals surface area contributed by atoms with E-state index in [0.29, 0.717) is 0 Å². The zero-order chi connectivity index (χ0) is 9.03. The molecule has 0 spiro atoms. The normalized spacial score (nSPS) is 28.2. The van der Waals surface area contributed by atoms with Gasteiger partial charge in [0.1, 0.15) is 25.7 Å². The fourth-order valence-corrected chi connectivity index (χ4v) is 0.782. The number of ether oxygens (including phenoxy) is 2. The monoisotopic (exact) mass is 171 g/mol. The first-order chi connectivity index (χ1) is 5.66. The van der Waals surface area contributed by atoms with E-state index in [0.717, 1.165) is 0 Å². The molecule has 6 nitrogen and oxygen atoms in total. The first-order valence-electron chi connectivity index (χ1n) is 3.31. The van der Waals surface area contributed by atoms with E-state index in [1.165, 1.54) is 0 Å². The van der Waals surface area contributed by atoms with E-state index in [2.05, 4.69) is 4.99 Å². The van der Waals surface area contributed by atoms with Gasteiger partial charge in [-0.15, -0.1) is 0 Å². The van der Waals surface area contributed by atoms with Crippen LogP contribution in [0, 0.1) is 11.3 Å². The van der Waals surface area contributed by atoms with Gasteiger partial charge in [0.25, 0.3) is 5.91 Å². The number of hydrogen-bond acceptors (Lipinski definition) is 6. The van der Waals surface area contributed by atoms with Gasteiger partial charge < -0.3 is 20.3 Å². The van der Waals surface area contributed by atoms with Crippen LogP contribution in [0.25, 0.3) is 0 Å². The molecule has 0 aromatic heterocycles. The third-order valence-corrected chi connectivity index (χ3v) is 1.23. The second-order valence-electron chi connectivity index (χ2n) is 2.29. The van der Waals surface area contributed by atoms with Crippen molar-refractivity contribution in [3.8, 4) is 6.07 Å². The zero-order valence-electron chi connectivity index (χ0n) is 6.36. The number of nitrogens with zero attached hydrogens (tertiary/aromatic N) is 2. The van der Waals surface area contributed by atoms with E-state index >= 15 is 0 Å². The van der Waals surface area contributed by atoms with Crippen LogP contribution in [0.2, 0.25) is 0 Å². The quantitative estimate of drug-likeness (QED) is 0.506. The van der Waals surface area contributed by atoms with Crippen molar-refractivity contribution >= 4 is 5.84 Å². The fraction of sp³-hybridized carbons (Fsp3) is 0.667. The van der Waals surface area contributed by atoms with Crippen molar-refractivity contribution in [2.24, 2.45) is 10.7 Å². The van der Waals surface area contributed by atoms with Crippen LogP contribution < -0.4 is 5.73 Å². The highest BCUT2D eigenvalue weighted by atomic mass is 16.7. The van der Waals surface area contributed by atoms with Gasteiger partial charge in [-0.2, -0.15) is 5.26 Å². The second kappa shape index (κ2) is 3.49. The summed E-state index contributed by atoms with van der Waals surface area (Å²) in [6.45, 7) is -0.200. The molecule has 0 fully saturated rings. The summed E-state index contributed by atoms with van der Waals surface area (Å²) in [6.07, 6.45) is 0. The standard InChI is InChI=1S/C6H9N3O3/c7-1-2-11-4-6(10)9-5(8)3-12-6/h10H,2-4H2,(H2,8,9). The molecular formula is C6H9N3O3. The Morgan fingerprint density at radius 3 is 3.17 bits per heavy atom. The number of hydrogen-bond donors (Lipinski definition) is 2. The highest BCUT2D eigenvalue weighted by Gasteiger charge is 2.33. The van der Waals surface area contributed by atoms with Crippen LogP contribution in [0.4, 0.5) is 0 Å². The van der Waals surface area contributed by atoms with Crippen molar-refractivity contribution in [2.45, 2.75) is 5.91 Å². The Morgan fingerprint density at radius 2 is 2.67 bits per heavy atom. The molecule has 66 valence electrons. The van der Waals surface area contributed by atoms with Gasteiger partial charge in [0.15, 0.2) is 0 Å². The van der Waals surface area contributed by atoms with Gasteiger partial charge in [0, 0.05) is 0 Å². The molecule has 0 aliphatic carbocycles. The Labute approximate surface area is 69.2 Å². The lowest BCUT2D eigenvalue weighted by atomic mass is 10.5. The number of nitriles is 1. The van der Waals surface area contributed by atoms with Crippen molar-refractivity contribution in [3.63, 3.8) is 0 Å². The summed E-state index contributed by atoms with van der Waals surface area (Å²) in [5.74, 6) is -1.47. The van der Waals surface area contributed by atoms with Crippen molar-refractivity contribution in [1.29, 1.82) is 5.26 Å². The maximum Gasteiger partial charge on any atom is 0.293 e. The smallest absolute Gasteiger partial charge is 0.293 e. The highest BCUT2D eigenvalue weighted by Crippen LogP contribution is 2.14. The molecule has 0 aromatic carbocycles. The van der Waals surface area contributed by atoms with Crippen molar-refractivity contribution < 1.29 is 14.6 Å². The Kier molecular flexibility index (Phi) is 2.60. The lowest BCUT2D eigenvalue weighted by Crippen LogP contribution is -2.32. The molecule has 6 heteroatoms. The summed E-state index contributed by atoms with van der Waals surface area (Å²) in [7, 11) is 0. The van der Waals surface area contributed by atoms with E-state index in [1.807, 2.05) is 0 Å². The molecule has 1 unspecified atom stereocenters. The number of rotatable bonds is 3. The SMILES string of the molecule is N#CCOCC1(O)N=C(N)CO1. The summed E-state index contributed by atoms with van der Waals surface area (Å²) < 4.78 is 9.51. The minimum atomic E-state index is -1.69.